The maximum atomic E-state index is 13.8. The first-order chi connectivity index (χ1) is 24.6. The third-order valence-corrected chi connectivity index (χ3v) is 8.60. The molecule has 0 saturated carbocycles. The third kappa shape index (κ3) is 7.61. The van der Waals surface area contributed by atoms with E-state index in [1.54, 1.807) is 6.07 Å². The second-order valence-electron chi connectivity index (χ2n) is 12.3. The molecule has 0 saturated heterocycles. The number of hydrogen-bond acceptors (Lipinski definition) is 4. The van der Waals surface area contributed by atoms with E-state index in [2.05, 4.69) is 9.97 Å². The molecular weight excluding hydrogens is 644 g/mol. The van der Waals surface area contributed by atoms with Crippen LogP contribution in [0.4, 0.5) is 17.6 Å². The highest BCUT2D eigenvalue weighted by molar-refractivity contribution is 5.87. The number of fused-ring (bicyclic) bond motifs is 8. The van der Waals surface area contributed by atoms with Crippen molar-refractivity contribution in [2.24, 2.45) is 0 Å². The van der Waals surface area contributed by atoms with Gasteiger partial charge in [0.1, 0.15) is 0 Å². The molecule has 8 bridgehead atoms. The lowest BCUT2D eigenvalue weighted by Crippen LogP contribution is -2.12. The van der Waals surface area contributed by atoms with Crippen LogP contribution in [-0.2, 0) is 22.3 Å². The summed E-state index contributed by atoms with van der Waals surface area (Å²) in [6.07, 6.45) is 5.53. The minimum Gasteiger partial charge on any atom is -0.373 e. The van der Waals surface area contributed by atoms with Crippen molar-refractivity contribution in [1.29, 1.82) is 0 Å². The molecule has 2 aliphatic heterocycles. The van der Waals surface area contributed by atoms with Crippen LogP contribution in [-0.4, -0.2) is 39.3 Å². The van der Waals surface area contributed by atoms with Gasteiger partial charge in [-0.05, 0) is 123 Å². The molecule has 6 nitrogen and oxygen atoms in total. The Morgan fingerprint density at radius 3 is 1.88 bits per heavy atom. The molecule has 2 N–H and O–H groups in total. The van der Waals surface area contributed by atoms with Gasteiger partial charge in [0.2, 0.25) is 0 Å². The third-order valence-electron chi connectivity index (χ3n) is 8.60. The second-order valence-corrected chi connectivity index (χ2v) is 12.3. The van der Waals surface area contributed by atoms with Crippen LogP contribution in [0.5, 0.6) is 0 Å². The molecule has 2 aliphatic rings. The van der Waals surface area contributed by atoms with E-state index in [9.17, 15) is 17.6 Å². The quantitative estimate of drug-likeness (QED) is 0.142. The normalized spacial score (nSPS) is 14.0. The zero-order chi connectivity index (χ0) is 35.6. The summed E-state index contributed by atoms with van der Waals surface area (Å²) < 4.78 is 75.9. The Labute approximate surface area is 287 Å². The summed E-state index contributed by atoms with van der Waals surface area (Å²) in [6, 6.07) is 19.3. The maximum Gasteiger partial charge on any atom is 0.159 e. The lowest BCUT2D eigenvalue weighted by molar-refractivity contribution is 0.0691. The first-order valence-electron chi connectivity index (χ1n) is 16.8. The molecule has 5 aromatic rings. The number of nitrogens with zero attached hydrogens (tertiary/aromatic N) is 2. The zero-order valence-corrected chi connectivity index (χ0v) is 27.4. The van der Waals surface area contributed by atoms with Gasteiger partial charge in [0, 0.05) is 33.2 Å². The van der Waals surface area contributed by atoms with Gasteiger partial charge in [0.25, 0.3) is 0 Å². The molecule has 0 spiro atoms. The number of hydrogen-bond donors (Lipinski definition) is 2. The summed E-state index contributed by atoms with van der Waals surface area (Å²) >= 11 is 0. The van der Waals surface area contributed by atoms with Gasteiger partial charge in [-0.1, -0.05) is 12.1 Å². The van der Waals surface area contributed by atoms with Crippen molar-refractivity contribution < 1.29 is 28.4 Å². The lowest BCUT2D eigenvalue weighted by atomic mass is 10.1. The van der Waals surface area contributed by atoms with E-state index in [0.717, 1.165) is 40.5 Å². The summed E-state index contributed by atoms with van der Waals surface area (Å²) in [5, 5.41) is 0. The number of aromatic amines is 2. The van der Waals surface area contributed by atoms with Crippen molar-refractivity contribution in [3.63, 3.8) is 0 Å². The second kappa shape index (κ2) is 14.3. The Balaban J connectivity index is 1.25. The van der Waals surface area contributed by atoms with Crippen LogP contribution < -0.4 is 0 Å². The SMILES string of the molecule is [2H]c1c(C(C)OCCc2ccc(F)c(F)c2)c2cc3nc(cc4ccc(cc5nc(cc1[nH]2)C=C5)[nH]4)C(C(C)OCCc1ccc(F)c(F)c1)=C3. The van der Waals surface area contributed by atoms with Crippen molar-refractivity contribution in [2.75, 3.05) is 13.2 Å². The monoisotopic (exact) mass is 679 g/mol. The smallest absolute Gasteiger partial charge is 0.159 e. The zero-order valence-electron chi connectivity index (χ0n) is 28.4. The van der Waals surface area contributed by atoms with Crippen molar-refractivity contribution in [3.8, 4) is 0 Å². The Morgan fingerprint density at radius 2 is 1.24 bits per heavy atom. The van der Waals surface area contributed by atoms with Gasteiger partial charge in [0.15, 0.2) is 23.3 Å². The number of benzene rings is 2. The van der Waals surface area contributed by atoms with E-state index in [0.29, 0.717) is 57.6 Å². The number of aromatic nitrogens is 4. The van der Waals surface area contributed by atoms with Gasteiger partial charge >= 0.3 is 0 Å². The van der Waals surface area contributed by atoms with Crippen LogP contribution in [0.1, 0.15) is 60.8 Å². The van der Waals surface area contributed by atoms with Crippen molar-refractivity contribution >= 4 is 45.9 Å². The lowest BCUT2D eigenvalue weighted by Gasteiger charge is -2.14. The van der Waals surface area contributed by atoms with Crippen LogP contribution in [0.15, 0.2) is 78.8 Å². The molecule has 7 rings (SSSR count). The highest BCUT2D eigenvalue weighted by Gasteiger charge is 2.19. The van der Waals surface area contributed by atoms with Crippen LogP contribution >= 0.6 is 0 Å². The van der Waals surface area contributed by atoms with Crippen LogP contribution in [0, 0.1) is 23.3 Å². The molecule has 5 heterocycles. The van der Waals surface area contributed by atoms with E-state index in [4.69, 9.17) is 20.8 Å². The number of halogens is 4. The number of H-pyrrole nitrogens is 2. The number of nitrogens with one attached hydrogen (secondary N) is 2. The first-order valence-corrected chi connectivity index (χ1v) is 16.3. The predicted molar refractivity (Wildman–Crippen MR) is 188 cm³/mol. The van der Waals surface area contributed by atoms with E-state index in [1.165, 1.54) is 12.1 Å². The molecule has 0 amide bonds. The van der Waals surface area contributed by atoms with E-state index in [-0.39, 0.29) is 19.3 Å². The number of rotatable bonds is 10. The molecule has 254 valence electrons. The Hall–Kier alpha value is -5.32. The highest BCUT2D eigenvalue weighted by atomic mass is 19.2. The molecule has 50 heavy (non-hydrogen) atoms. The fourth-order valence-electron chi connectivity index (χ4n) is 5.97. The van der Waals surface area contributed by atoms with Crippen molar-refractivity contribution in [2.45, 2.75) is 38.9 Å². The van der Waals surface area contributed by atoms with Crippen LogP contribution in [0.3, 0.4) is 0 Å². The Bertz CT molecular complexity index is 2350. The average molecular weight is 680 g/mol. The largest absolute Gasteiger partial charge is 0.373 e. The number of ether oxygens (including phenoxy) is 2. The highest BCUT2D eigenvalue weighted by Crippen LogP contribution is 2.30. The summed E-state index contributed by atoms with van der Waals surface area (Å²) in [6.45, 7) is 4.25. The minimum absolute atomic E-state index is 0.216. The molecule has 0 radical (unpaired) electrons. The van der Waals surface area contributed by atoms with Gasteiger partial charge in [-0.3, -0.25) is 0 Å². The summed E-state index contributed by atoms with van der Waals surface area (Å²) in [7, 11) is 0. The van der Waals surface area contributed by atoms with E-state index in [1.807, 2.05) is 68.5 Å². The first kappa shape index (κ1) is 31.9. The van der Waals surface area contributed by atoms with E-state index < -0.39 is 35.5 Å². The molecule has 2 unspecified atom stereocenters. The van der Waals surface area contributed by atoms with Gasteiger partial charge in [-0.25, -0.2) is 27.5 Å². The van der Waals surface area contributed by atoms with Gasteiger partial charge in [-0.2, -0.15) is 0 Å². The summed E-state index contributed by atoms with van der Waals surface area (Å²) in [5.74, 6) is -3.60. The summed E-state index contributed by atoms with van der Waals surface area (Å²) in [5.41, 5.74) is 8.22. The van der Waals surface area contributed by atoms with Crippen molar-refractivity contribution in [1.82, 2.24) is 19.9 Å². The molecule has 0 aliphatic carbocycles. The standard InChI is InChI=1S/C40H34F4N4O2/c1-23(49-13-11-25-3-9-35(41)37(43)15-25)33-19-31-18-29-6-5-27(45-29)17-28-7-8-30(46-28)21-39-34(20-32(48-39)22-40(33)47-31)24(2)50-14-12-26-4-10-36(42)38(44)16-26/h3-10,15-24,46-47H,11-14H2,1-2H3/i19D. The molecule has 2 atom stereocenters. The average Bonchev–Trinajstić information content (AvgIpc) is 3.89. The van der Waals surface area contributed by atoms with E-state index >= 15 is 0 Å². The van der Waals surface area contributed by atoms with Gasteiger partial charge in [-0.15, -0.1) is 0 Å². The Kier molecular flexibility index (Phi) is 9.11. The maximum absolute atomic E-state index is 13.8. The molecule has 3 aromatic heterocycles. The van der Waals surface area contributed by atoms with Crippen LogP contribution in [0.25, 0.3) is 45.9 Å². The summed E-state index contributed by atoms with van der Waals surface area (Å²) in [4.78, 5) is 16.4. The molecular formula is C40H34F4N4O2. The molecule has 0 fully saturated rings. The Morgan fingerprint density at radius 1 is 0.640 bits per heavy atom. The minimum atomic E-state index is -0.910. The topological polar surface area (TPSA) is 75.8 Å². The predicted octanol–water partition coefficient (Wildman–Crippen LogP) is 9.55. The van der Waals surface area contributed by atoms with Gasteiger partial charge in [0.05, 0.1) is 49.6 Å². The molecule has 2 aromatic carbocycles. The fraction of sp³-hybridized carbons (Fsp3) is 0.200. The van der Waals surface area contributed by atoms with Crippen LogP contribution in [0.2, 0.25) is 0 Å². The molecule has 10 heteroatoms. The van der Waals surface area contributed by atoms with Gasteiger partial charge < -0.3 is 19.4 Å². The van der Waals surface area contributed by atoms with Crippen molar-refractivity contribution in [3.05, 3.63) is 142 Å². The fourth-order valence-corrected chi connectivity index (χ4v) is 5.97.